The molecule has 0 radical (unpaired) electrons. The van der Waals surface area contributed by atoms with Gasteiger partial charge in [0.15, 0.2) is 0 Å². The van der Waals surface area contributed by atoms with Crippen molar-refractivity contribution in [1.29, 1.82) is 0 Å². The van der Waals surface area contributed by atoms with Gasteiger partial charge in [-0.15, -0.1) is 0 Å². The Hall–Kier alpha value is -1.97. The standard InChI is InChI=1S/C21H23NS.C2H7N/c1-4-15-12-18(13-16(5-2)19(15)6-3)21-20(14-23-22-21)17-10-8-7-9-11-17;1-3-2/h7-14H,4-6H2,1-3H3;3H,1-2H3. The van der Waals surface area contributed by atoms with Crippen LogP contribution in [0.1, 0.15) is 37.5 Å². The number of rotatable bonds is 5. The Balaban J connectivity index is 0.000000758. The number of hydrogen-bond acceptors (Lipinski definition) is 3. The molecular weight excluding hydrogens is 336 g/mol. The molecule has 0 bridgehead atoms. The van der Waals surface area contributed by atoms with Gasteiger partial charge >= 0.3 is 0 Å². The largest absolute Gasteiger partial charge is 0.323 e. The number of hydrogen-bond donors (Lipinski definition) is 1. The zero-order valence-electron chi connectivity index (χ0n) is 16.6. The summed E-state index contributed by atoms with van der Waals surface area (Å²) in [6.45, 7) is 6.75. The van der Waals surface area contributed by atoms with E-state index in [0.717, 1.165) is 25.0 Å². The first-order chi connectivity index (χ1) is 12.7. The second kappa shape index (κ2) is 10.2. The molecule has 1 N–H and O–H groups in total. The Morgan fingerprint density at radius 1 is 0.846 bits per heavy atom. The summed E-state index contributed by atoms with van der Waals surface area (Å²) in [6.07, 6.45) is 3.26. The Morgan fingerprint density at radius 2 is 1.42 bits per heavy atom. The summed E-state index contributed by atoms with van der Waals surface area (Å²) in [6, 6.07) is 15.3. The number of aryl methyl sites for hydroxylation is 2. The van der Waals surface area contributed by atoms with E-state index < -0.39 is 0 Å². The van der Waals surface area contributed by atoms with Gasteiger partial charge in [-0.05, 0) is 79.3 Å². The average molecular weight is 367 g/mol. The van der Waals surface area contributed by atoms with Gasteiger partial charge in [0, 0.05) is 16.5 Å². The first-order valence-corrected chi connectivity index (χ1v) is 10.3. The summed E-state index contributed by atoms with van der Waals surface area (Å²) >= 11 is 1.54. The molecule has 3 aromatic rings. The van der Waals surface area contributed by atoms with Crippen LogP contribution in [0.2, 0.25) is 0 Å². The van der Waals surface area contributed by atoms with Gasteiger partial charge in [0.25, 0.3) is 0 Å². The van der Waals surface area contributed by atoms with E-state index in [1.54, 1.807) is 11.5 Å². The van der Waals surface area contributed by atoms with E-state index in [1.165, 1.54) is 33.4 Å². The third-order valence-electron chi connectivity index (χ3n) is 4.48. The fraction of sp³-hybridized carbons (Fsp3) is 0.348. The van der Waals surface area contributed by atoms with Crippen LogP contribution < -0.4 is 5.32 Å². The predicted octanol–water partition coefficient (Wildman–Crippen LogP) is 6.00. The molecule has 0 saturated heterocycles. The minimum absolute atomic E-state index is 1.08. The lowest BCUT2D eigenvalue weighted by Crippen LogP contribution is -1.99. The van der Waals surface area contributed by atoms with Gasteiger partial charge in [-0.2, -0.15) is 4.37 Å². The van der Waals surface area contributed by atoms with Gasteiger partial charge in [0.05, 0.1) is 5.69 Å². The van der Waals surface area contributed by atoms with Crippen molar-refractivity contribution in [3.8, 4) is 22.4 Å². The molecule has 3 rings (SSSR count). The Kier molecular flexibility index (Phi) is 8.02. The van der Waals surface area contributed by atoms with Crippen LogP contribution in [0.25, 0.3) is 22.4 Å². The third kappa shape index (κ3) is 4.60. The fourth-order valence-electron chi connectivity index (χ4n) is 3.29. The van der Waals surface area contributed by atoms with Gasteiger partial charge in [-0.1, -0.05) is 51.1 Å². The lowest BCUT2D eigenvalue weighted by molar-refractivity contribution is 0.982. The van der Waals surface area contributed by atoms with Crippen LogP contribution in [0.3, 0.4) is 0 Å². The topological polar surface area (TPSA) is 24.9 Å². The second-order valence-corrected chi connectivity index (χ2v) is 6.91. The Morgan fingerprint density at radius 3 is 1.92 bits per heavy atom. The number of benzene rings is 2. The predicted molar refractivity (Wildman–Crippen MR) is 116 cm³/mol. The minimum Gasteiger partial charge on any atom is -0.323 e. The maximum atomic E-state index is 4.71. The lowest BCUT2D eigenvalue weighted by Gasteiger charge is -2.14. The molecule has 0 aliphatic carbocycles. The van der Waals surface area contributed by atoms with Crippen molar-refractivity contribution in [3.63, 3.8) is 0 Å². The van der Waals surface area contributed by atoms with E-state index in [2.05, 4.69) is 73.9 Å². The monoisotopic (exact) mass is 366 g/mol. The summed E-state index contributed by atoms with van der Waals surface area (Å²) in [5, 5.41) is 4.91. The summed E-state index contributed by atoms with van der Waals surface area (Å²) in [7, 11) is 3.75. The summed E-state index contributed by atoms with van der Waals surface area (Å²) in [4.78, 5) is 0. The van der Waals surface area contributed by atoms with Crippen molar-refractivity contribution in [2.45, 2.75) is 40.0 Å². The van der Waals surface area contributed by atoms with Crippen LogP contribution in [-0.4, -0.2) is 18.5 Å². The first kappa shape index (κ1) is 20.3. The minimum atomic E-state index is 1.08. The highest BCUT2D eigenvalue weighted by atomic mass is 32.1. The summed E-state index contributed by atoms with van der Waals surface area (Å²) in [5.74, 6) is 0. The number of aromatic nitrogens is 1. The van der Waals surface area contributed by atoms with Gasteiger partial charge in [0.2, 0.25) is 0 Å². The van der Waals surface area contributed by atoms with Crippen molar-refractivity contribution >= 4 is 11.5 Å². The van der Waals surface area contributed by atoms with Crippen molar-refractivity contribution in [3.05, 3.63) is 64.5 Å². The molecular formula is C23H30N2S. The van der Waals surface area contributed by atoms with E-state index >= 15 is 0 Å². The van der Waals surface area contributed by atoms with E-state index in [0.29, 0.717) is 0 Å². The van der Waals surface area contributed by atoms with Crippen LogP contribution in [-0.2, 0) is 19.3 Å². The molecule has 0 fully saturated rings. The molecule has 26 heavy (non-hydrogen) atoms. The quantitative estimate of drug-likeness (QED) is 0.599. The van der Waals surface area contributed by atoms with Crippen molar-refractivity contribution < 1.29 is 0 Å². The summed E-state index contributed by atoms with van der Waals surface area (Å²) < 4.78 is 4.71. The fourth-order valence-corrected chi connectivity index (χ4v) is 4.00. The molecule has 2 aromatic carbocycles. The number of nitrogens with zero attached hydrogens (tertiary/aromatic N) is 1. The van der Waals surface area contributed by atoms with E-state index in [-0.39, 0.29) is 0 Å². The first-order valence-electron chi connectivity index (χ1n) is 9.43. The molecule has 1 heterocycles. The second-order valence-electron chi connectivity index (χ2n) is 6.28. The molecule has 3 heteroatoms. The van der Waals surface area contributed by atoms with Crippen LogP contribution in [0, 0.1) is 0 Å². The molecule has 0 spiro atoms. The van der Waals surface area contributed by atoms with Crippen molar-refractivity contribution in [2.75, 3.05) is 14.1 Å². The van der Waals surface area contributed by atoms with Crippen LogP contribution in [0.15, 0.2) is 47.8 Å². The molecule has 0 aliphatic rings. The summed E-state index contributed by atoms with van der Waals surface area (Å²) in [5.41, 5.74) is 9.32. The highest BCUT2D eigenvalue weighted by molar-refractivity contribution is 7.04. The lowest BCUT2D eigenvalue weighted by atomic mass is 9.91. The van der Waals surface area contributed by atoms with Gasteiger partial charge in [-0.3, -0.25) is 0 Å². The molecule has 0 amide bonds. The van der Waals surface area contributed by atoms with Gasteiger partial charge in [-0.25, -0.2) is 0 Å². The highest BCUT2D eigenvalue weighted by Crippen LogP contribution is 2.35. The average Bonchev–Trinajstić information content (AvgIpc) is 3.18. The van der Waals surface area contributed by atoms with E-state index in [1.807, 2.05) is 14.1 Å². The maximum Gasteiger partial charge on any atom is 0.0919 e. The third-order valence-corrected chi connectivity index (χ3v) is 5.11. The Bertz CT molecular complexity index is 781. The highest BCUT2D eigenvalue weighted by Gasteiger charge is 2.14. The van der Waals surface area contributed by atoms with Crippen LogP contribution in [0.4, 0.5) is 0 Å². The zero-order valence-corrected chi connectivity index (χ0v) is 17.4. The van der Waals surface area contributed by atoms with Crippen molar-refractivity contribution in [1.82, 2.24) is 9.69 Å². The van der Waals surface area contributed by atoms with Gasteiger partial charge < -0.3 is 5.32 Å². The molecule has 2 nitrogen and oxygen atoms in total. The molecule has 0 unspecified atom stereocenters. The normalized spacial score (nSPS) is 10.3. The van der Waals surface area contributed by atoms with Crippen LogP contribution in [0.5, 0.6) is 0 Å². The van der Waals surface area contributed by atoms with Crippen molar-refractivity contribution in [2.24, 2.45) is 0 Å². The molecule has 1 aromatic heterocycles. The molecule has 138 valence electrons. The number of nitrogens with one attached hydrogen (secondary N) is 1. The SMILES string of the molecule is CCc1cc(-c2nscc2-c2ccccc2)cc(CC)c1CC.CNC. The molecule has 0 atom stereocenters. The maximum absolute atomic E-state index is 4.71. The zero-order chi connectivity index (χ0) is 18.9. The van der Waals surface area contributed by atoms with Gasteiger partial charge in [0.1, 0.15) is 0 Å². The Labute approximate surface area is 162 Å². The smallest absolute Gasteiger partial charge is 0.0919 e. The van der Waals surface area contributed by atoms with E-state index in [9.17, 15) is 0 Å². The van der Waals surface area contributed by atoms with Crippen LogP contribution >= 0.6 is 11.5 Å². The molecule has 0 aliphatic heterocycles. The van der Waals surface area contributed by atoms with E-state index in [4.69, 9.17) is 4.37 Å². The molecule has 0 saturated carbocycles.